The van der Waals surface area contributed by atoms with Crippen LogP contribution in [0.2, 0.25) is 0 Å². The number of benzene rings is 2. The molecule has 0 aliphatic heterocycles. The van der Waals surface area contributed by atoms with Gasteiger partial charge in [-0.05, 0) is 37.6 Å². The summed E-state index contributed by atoms with van der Waals surface area (Å²) in [4.78, 5) is 36.1. The molecule has 3 aromatic rings. The highest BCUT2D eigenvalue weighted by Crippen LogP contribution is 2.26. The molecule has 0 atom stereocenters. The maximum Gasteiger partial charge on any atom is 0.270 e. The quantitative estimate of drug-likeness (QED) is 0.202. The zero-order valence-electron chi connectivity index (χ0n) is 18.9. The minimum atomic E-state index is -0.486. The van der Waals surface area contributed by atoms with E-state index in [1.54, 1.807) is 55.6 Å². The lowest BCUT2D eigenvalue weighted by molar-refractivity contribution is -0.384. The van der Waals surface area contributed by atoms with E-state index >= 15 is 0 Å². The van der Waals surface area contributed by atoms with Gasteiger partial charge in [-0.1, -0.05) is 29.8 Å². The minimum absolute atomic E-state index is 0.00272. The van der Waals surface area contributed by atoms with Gasteiger partial charge < -0.3 is 19.8 Å². The van der Waals surface area contributed by atoms with Crippen LogP contribution in [0.4, 0.5) is 5.69 Å². The molecule has 0 radical (unpaired) electrons. The molecule has 0 saturated carbocycles. The Labute approximate surface area is 196 Å². The molecule has 0 saturated heterocycles. The number of hydrogen-bond acceptors (Lipinski definition) is 6. The van der Waals surface area contributed by atoms with Gasteiger partial charge in [0.05, 0.1) is 4.92 Å². The summed E-state index contributed by atoms with van der Waals surface area (Å²) in [6, 6.07) is 16.2. The average molecular weight is 463 g/mol. The summed E-state index contributed by atoms with van der Waals surface area (Å²) in [6.45, 7) is 2.76. The Bertz CT molecular complexity index is 1200. The van der Waals surface area contributed by atoms with E-state index in [-0.39, 0.29) is 11.4 Å². The number of ether oxygens (including phenoxy) is 1. The number of nitro benzene ring substituents is 1. The molecule has 0 unspecified atom stereocenters. The van der Waals surface area contributed by atoms with Crippen LogP contribution in [-0.4, -0.2) is 37.0 Å². The number of amides is 2. The van der Waals surface area contributed by atoms with Crippen LogP contribution < -0.4 is 10.6 Å². The van der Waals surface area contributed by atoms with E-state index in [9.17, 15) is 19.7 Å². The number of rotatable bonds is 10. The Hall–Kier alpha value is -4.24. The van der Waals surface area contributed by atoms with Crippen molar-refractivity contribution in [3.05, 3.63) is 93.4 Å². The maximum atomic E-state index is 12.8. The predicted molar refractivity (Wildman–Crippen MR) is 127 cm³/mol. The first kappa shape index (κ1) is 24.4. The lowest BCUT2D eigenvalue weighted by atomic mass is 10.1. The summed E-state index contributed by atoms with van der Waals surface area (Å²) in [7, 11) is 1.57. The van der Waals surface area contributed by atoms with Gasteiger partial charge in [-0.2, -0.15) is 0 Å². The van der Waals surface area contributed by atoms with Gasteiger partial charge in [0.1, 0.15) is 17.2 Å². The number of aryl methyl sites for hydroxylation is 1. The Kier molecular flexibility index (Phi) is 8.31. The highest BCUT2D eigenvalue weighted by atomic mass is 16.6. The van der Waals surface area contributed by atoms with Crippen LogP contribution in [0.3, 0.4) is 0 Å². The van der Waals surface area contributed by atoms with Crippen molar-refractivity contribution in [2.75, 3.05) is 20.3 Å². The molecule has 1 aromatic heterocycles. The number of nitrogens with zero attached hydrogens (tertiary/aromatic N) is 1. The molecule has 176 valence electrons. The predicted octanol–water partition coefficient (Wildman–Crippen LogP) is 4.09. The fraction of sp³-hybridized carbons (Fsp3) is 0.200. The molecule has 1 heterocycles. The topological polar surface area (TPSA) is 124 Å². The molecule has 0 aliphatic carbocycles. The highest BCUT2D eigenvalue weighted by Gasteiger charge is 2.16. The minimum Gasteiger partial charge on any atom is -0.457 e. The number of nitro groups is 1. The van der Waals surface area contributed by atoms with E-state index in [0.717, 1.165) is 5.56 Å². The van der Waals surface area contributed by atoms with E-state index in [2.05, 4.69) is 10.6 Å². The van der Waals surface area contributed by atoms with Gasteiger partial charge in [0, 0.05) is 49.6 Å². The lowest BCUT2D eigenvalue weighted by Gasteiger charge is -2.11. The smallest absolute Gasteiger partial charge is 0.270 e. The second kappa shape index (κ2) is 11.6. The van der Waals surface area contributed by atoms with Crippen LogP contribution in [-0.2, 0) is 9.53 Å². The van der Waals surface area contributed by atoms with Crippen molar-refractivity contribution in [3.8, 4) is 11.3 Å². The third-order valence-corrected chi connectivity index (χ3v) is 4.87. The van der Waals surface area contributed by atoms with Crippen molar-refractivity contribution in [1.29, 1.82) is 0 Å². The first-order valence-corrected chi connectivity index (χ1v) is 10.6. The zero-order valence-corrected chi connectivity index (χ0v) is 18.9. The number of carbonyl (C=O) groups excluding carboxylic acids is 2. The first-order chi connectivity index (χ1) is 16.4. The number of nitrogens with one attached hydrogen (secondary N) is 2. The molecule has 34 heavy (non-hydrogen) atoms. The molecular formula is C25H25N3O6. The summed E-state index contributed by atoms with van der Waals surface area (Å²) in [5.74, 6) is -0.235. The molecule has 9 nitrogen and oxygen atoms in total. The van der Waals surface area contributed by atoms with Crippen LogP contribution >= 0.6 is 0 Å². The second-order valence-electron chi connectivity index (χ2n) is 7.49. The molecule has 0 aliphatic rings. The molecule has 0 spiro atoms. The van der Waals surface area contributed by atoms with E-state index in [0.29, 0.717) is 42.2 Å². The summed E-state index contributed by atoms with van der Waals surface area (Å²) in [5.41, 5.74) is 1.87. The Morgan fingerprint density at radius 3 is 2.59 bits per heavy atom. The van der Waals surface area contributed by atoms with Crippen LogP contribution in [0.1, 0.15) is 28.1 Å². The fourth-order valence-corrected chi connectivity index (χ4v) is 3.07. The standard InChI is InChI=1S/C25H25N3O6/c1-17-7-9-18(10-8-17)24(29)27-22(25(30)26-13-4-14-33-2)16-21-11-12-23(34-21)19-5-3-6-20(15-19)28(31)32/h3,5-12,15-16H,4,13-14H2,1-2H3,(H,26,30)(H,27,29). The normalized spacial score (nSPS) is 11.2. The summed E-state index contributed by atoms with van der Waals surface area (Å²) >= 11 is 0. The molecule has 9 heteroatoms. The maximum absolute atomic E-state index is 12.8. The Morgan fingerprint density at radius 2 is 1.88 bits per heavy atom. The van der Waals surface area contributed by atoms with Crippen molar-refractivity contribution in [1.82, 2.24) is 10.6 Å². The average Bonchev–Trinajstić information content (AvgIpc) is 3.30. The number of carbonyl (C=O) groups is 2. The largest absolute Gasteiger partial charge is 0.457 e. The number of methoxy groups -OCH3 is 1. The lowest BCUT2D eigenvalue weighted by Crippen LogP contribution is -2.35. The summed E-state index contributed by atoms with van der Waals surface area (Å²) in [5, 5.41) is 16.4. The van der Waals surface area contributed by atoms with Gasteiger partial charge in [0.25, 0.3) is 17.5 Å². The first-order valence-electron chi connectivity index (χ1n) is 10.6. The number of furan rings is 1. The van der Waals surface area contributed by atoms with Gasteiger partial charge in [0.15, 0.2) is 0 Å². The van der Waals surface area contributed by atoms with E-state index in [4.69, 9.17) is 9.15 Å². The Balaban J connectivity index is 1.84. The molecule has 3 rings (SSSR count). The molecule has 2 amide bonds. The van der Waals surface area contributed by atoms with Crippen molar-refractivity contribution in [2.24, 2.45) is 0 Å². The molecule has 2 aromatic carbocycles. The van der Waals surface area contributed by atoms with Gasteiger partial charge >= 0.3 is 0 Å². The molecular weight excluding hydrogens is 438 g/mol. The van der Waals surface area contributed by atoms with Gasteiger partial charge in [0.2, 0.25) is 0 Å². The summed E-state index contributed by atoms with van der Waals surface area (Å²) < 4.78 is 10.8. The van der Waals surface area contributed by atoms with Crippen LogP contribution in [0, 0.1) is 17.0 Å². The third kappa shape index (κ3) is 6.63. The molecule has 0 fully saturated rings. The highest BCUT2D eigenvalue weighted by molar-refractivity contribution is 6.05. The van der Waals surface area contributed by atoms with Crippen LogP contribution in [0.25, 0.3) is 17.4 Å². The van der Waals surface area contributed by atoms with E-state index in [1.807, 2.05) is 6.92 Å². The number of non-ortho nitro benzene ring substituents is 1. The van der Waals surface area contributed by atoms with Gasteiger partial charge in [-0.3, -0.25) is 19.7 Å². The van der Waals surface area contributed by atoms with Crippen molar-refractivity contribution in [2.45, 2.75) is 13.3 Å². The molecule has 0 bridgehead atoms. The van der Waals surface area contributed by atoms with Gasteiger partial charge in [-0.25, -0.2) is 0 Å². The van der Waals surface area contributed by atoms with Crippen molar-refractivity contribution >= 4 is 23.6 Å². The third-order valence-electron chi connectivity index (χ3n) is 4.87. The van der Waals surface area contributed by atoms with Crippen molar-refractivity contribution in [3.63, 3.8) is 0 Å². The fourth-order valence-electron chi connectivity index (χ4n) is 3.07. The monoisotopic (exact) mass is 463 g/mol. The number of hydrogen-bond donors (Lipinski definition) is 2. The van der Waals surface area contributed by atoms with E-state index in [1.165, 1.54) is 18.2 Å². The Morgan fingerprint density at radius 1 is 1.12 bits per heavy atom. The van der Waals surface area contributed by atoms with E-state index < -0.39 is 16.7 Å². The molecule has 2 N–H and O–H groups in total. The van der Waals surface area contributed by atoms with Gasteiger partial charge in [-0.15, -0.1) is 0 Å². The zero-order chi connectivity index (χ0) is 24.5. The van der Waals surface area contributed by atoms with Crippen LogP contribution in [0.15, 0.2) is 70.8 Å². The summed E-state index contributed by atoms with van der Waals surface area (Å²) in [6.07, 6.45) is 2.03. The van der Waals surface area contributed by atoms with Crippen LogP contribution in [0.5, 0.6) is 0 Å². The van der Waals surface area contributed by atoms with Crippen molar-refractivity contribution < 1.29 is 23.7 Å². The second-order valence-corrected chi connectivity index (χ2v) is 7.49. The SMILES string of the molecule is COCCCNC(=O)C(=Cc1ccc(-c2cccc([N+](=O)[O-])c2)o1)NC(=O)c1ccc(C)cc1.